The van der Waals surface area contributed by atoms with Gasteiger partial charge in [0.1, 0.15) is 5.82 Å². The summed E-state index contributed by atoms with van der Waals surface area (Å²) >= 11 is 0. The van der Waals surface area contributed by atoms with E-state index in [1.165, 1.54) is 10.9 Å². The summed E-state index contributed by atoms with van der Waals surface area (Å²) in [7, 11) is 0. The lowest BCUT2D eigenvalue weighted by molar-refractivity contribution is 1.29. The van der Waals surface area contributed by atoms with Crippen LogP contribution in [0.25, 0.3) is 34.1 Å². The molecule has 3 nitrogen and oxygen atoms in total. The quantitative estimate of drug-likeness (QED) is 0.554. The Hall–Kier alpha value is -2.81. The Morgan fingerprint density at radius 2 is 2.00 bits per heavy atom. The van der Waals surface area contributed by atoms with E-state index < -0.39 is 0 Å². The lowest BCUT2D eigenvalue weighted by Crippen LogP contribution is -1.77. The van der Waals surface area contributed by atoms with Crippen molar-refractivity contribution in [3.63, 3.8) is 0 Å². The fraction of sp³-hybridized carbons (Fsp3) is 0.0556. The average molecular weight is 273 g/mol. The van der Waals surface area contributed by atoms with Gasteiger partial charge in [-0.1, -0.05) is 24.3 Å². The van der Waals surface area contributed by atoms with Crippen LogP contribution < -0.4 is 0 Å². The fourth-order valence-corrected chi connectivity index (χ4v) is 2.64. The van der Waals surface area contributed by atoms with Crippen molar-refractivity contribution in [2.45, 2.75) is 6.92 Å². The molecule has 2 N–H and O–H groups in total. The first-order valence-corrected chi connectivity index (χ1v) is 7.00. The van der Waals surface area contributed by atoms with Gasteiger partial charge in [-0.15, -0.1) is 0 Å². The first-order valence-electron chi connectivity index (χ1n) is 7.00. The fourth-order valence-electron chi connectivity index (χ4n) is 2.64. The van der Waals surface area contributed by atoms with E-state index in [0.29, 0.717) is 0 Å². The second-order valence-corrected chi connectivity index (χ2v) is 5.27. The van der Waals surface area contributed by atoms with E-state index in [1.54, 1.807) is 0 Å². The molecule has 0 atom stereocenters. The number of nitrogens with one attached hydrogen (secondary N) is 2. The second-order valence-electron chi connectivity index (χ2n) is 5.27. The zero-order valence-corrected chi connectivity index (χ0v) is 11.7. The van der Waals surface area contributed by atoms with Crippen LogP contribution in [0.3, 0.4) is 0 Å². The molecule has 2 aromatic carbocycles. The summed E-state index contributed by atoms with van der Waals surface area (Å²) < 4.78 is 0. The van der Waals surface area contributed by atoms with E-state index in [1.807, 2.05) is 18.3 Å². The van der Waals surface area contributed by atoms with Crippen molar-refractivity contribution in [3.8, 4) is 0 Å². The van der Waals surface area contributed by atoms with Gasteiger partial charge in [-0.2, -0.15) is 0 Å². The molecule has 102 valence electrons. The number of nitrogens with zero attached hydrogens (tertiary/aromatic N) is 1. The van der Waals surface area contributed by atoms with E-state index >= 15 is 0 Å². The highest BCUT2D eigenvalue weighted by Crippen LogP contribution is 2.20. The Kier molecular flexibility index (Phi) is 2.64. The summed E-state index contributed by atoms with van der Waals surface area (Å²) in [6.07, 6.45) is 6.07. The minimum absolute atomic E-state index is 0.874. The van der Waals surface area contributed by atoms with Crippen molar-refractivity contribution >= 4 is 34.1 Å². The standard InChI is InChI=1S/C18H15N3/c1-12-5-7-15-16(11-12)21-17(20-15)8-6-13-3-2-4-14-9-10-19-18(13)14/h2-11,19H,1H3,(H,20,21)/b8-6+. The molecule has 0 saturated carbocycles. The summed E-state index contributed by atoms with van der Waals surface area (Å²) in [5, 5.41) is 1.22. The van der Waals surface area contributed by atoms with Crippen molar-refractivity contribution in [1.29, 1.82) is 0 Å². The Labute approximate surface area is 122 Å². The third-order valence-corrected chi connectivity index (χ3v) is 3.70. The van der Waals surface area contributed by atoms with Crippen molar-refractivity contribution in [3.05, 3.63) is 65.6 Å². The van der Waals surface area contributed by atoms with Crippen LogP contribution >= 0.6 is 0 Å². The van der Waals surface area contributed by atoms with Crippen LogP contribution in [-0.4, -0.2) is 15.0 Å². The minimum atomic E-state index is 0.874. The van der Waals surface area contributed by atoms with E-state index in [-0.39, 0.29) is 0 Å². The number of benzene rings is 2. The van der Waals surface area contributed by atoms with E-state index in [2.05, 4.69) is 64.3 Å². The number of aryl methyl sites for hydroxylation is 1. The molecule has 0 aliphatic heterocycles. The number of H-pyrrole nitrogens is 2. The van der Waals surface area contributed by atoms with E-state index in [0.717, 1.165) is 27.9 Å². The van der Waals surface area contributed by atoms with Crippen molar-refractivity contribution < 1.29 is 0 Å². The predicted octanol–water partition coefficient (Wildman–Crippen LogP) is 4.52. The van der Waals surface area contributed by atoms with Crippen molar-refractivity contribution in [1.82, 2.24) is 15.0 Å². The first-order chi connectivity index (χ1) is 10.3. The van der Waals surface area contributed by atoms with Crippen LogP contribution in [0.2, 0.25) is 0 Å². The summed E-state index contributed by atoms with van der Waals surface area (Å²) in [5.74, 6) is 0.874. The van der Waals surface area contributed by atoms with Crippen LogP contribution in [0, 0.1) is 6.92 Å². The molecule has 0 aliphatic rings. The molecule has 0 aliphatic carbocycles. The van der Waals surface area contributed by atoms with Gasteiger partial charge in [-0.25, -0.2) is 4.98 Å². The van der Waals surface area contributed by atoms with Crippen LogP contribution in [0.5, 0.6) is 0 Å². The Morgan fingerprint density at radius 3 is 2.95 bits per heavy atom. The maximum absolute atomic E-state index is 4.58. The van der Waals surface area contributed by atoms with Gasteiger partial charge in [-0.3, -0.25) is 0 Å². The molecule has 2 heterocycles. The van der Waals surface area contributed by atoms with Gasteiger partial charge in [0.15, 0.2) is 0 Å². The zero-order valence-electron chi connectivity index (χ0n) is 11.7. The number of hydrogen-bond acceptors (Lipinski definition) is 1. The van der Waals surface area contributed by atoms with E-state index in [4.69, 9.17) is 0 Å². The summed E-state index contributed by atoms with van der Waals surface area (Å²) in [6.45, 7) is 2.09. The monoisotopic (exact) mass is 273 g/mol. The Morgan fingerprint density at radius 1 is 1.05 bits per heavy atom. The maximum atomic E-state index is 4.58. The predicted molar refractivity (Wildman–Crippen MR) is 88.1 cm³/mol. The third kappa shape index (κ3) is 2.13. The zero-order chi connectivity index (χ0) is 14.2. The molecule has 0 bridgehead atoms. The number of rotatable bonds is 2. The van der Waals surface area contributed by atoms with Gasteiger partial charge in [0.25, 0.3) is 0 Å². The molecular weight excluding hydrogens is 258 g/mol. The van der Waals surface area contributed by atoms with Gasteiger partial charge < -0.3 is 9.97 Å². The van der Waals surface area contributed by atoms with Crippen molar-refractivity contribution in [2.75, 3.05) is 0 Å². The lowest BCUT2D eigenvalue weighted by Gasteiger charge is -1.95. The number of aromatic nitrogens is 3. The van der Waals surface area contributed by atoms with Gasteiger partial charge in [0.2, 0.25) is 0 Å². The lowest BCUT2D eigenvalue weighted by atomic mass is 10.1. The van der Waals surface area contributed by atoms with Gasteiger partial charge in [-0.05, 0) is 53.8 Å². The SMILES string of the molecule is Cc1ccc2nc(/C=C/c3cccc4cc[nH]c34)[nH]c2c1. The van der Waals surface area contributed by atoms with E-state index in [9.17, 15) is 0 Å². The van der Waals surface area contributed by atoms with Crippen LogP contribution in [-0.2, 0) is 0 Å². The highest BCUT2D eigenvalue weighted by Gasteiger charge is 2.01. The van der Waals surface area contributed by atoms with Crippen molar-refractivity contribution in [2.24, 2.45) is 0 Å². The van der Waals surface area contributed by atoms with Crippen LogP contribution in [0.4, 0.5) is 0 Å². The molecule has 4 aromatic rings. The Balaban J connectivity index is 1.75. The topological polar surface area (TPSA) is 44.5 Å². The molecule has 0 amide bonds. The molecule has 0 spiro atoms. The van der Waals surface area contributed by atoms with Crippen LogP contribution in [0.15, 0.2) is 48.7 Å². The summed E-state index contributed by atoms with van der Waals surface area (Å²) in [4.78, 5) is 11.2. The summed E-state index contributed by atoms with van der Waals surface area (Å²) in [6, 6.07) is 14.6. The number of hydrogen-bond donors (Lipinski definition) is 2. The molecule has 3 heteroatoms. The number of fused-ring (bicyclic) bond motifs is 2. The van der Waals surface area contributed by atoms with Gasteiger partial charge in [0, 0.05) is 6.20 Å². The molecule has 4 rings (SSSR count). The molecule has 2 aromatic heterocycles. The van der Waals surface area contributed by atoms with Crippen LogP contribution in [0.1, 0.15) is 17.0 Å². The molecule has 0 fully saturated rings. The largest absolute Gasteiger partial charge is 0.361 e. The molecule has 0 radical (unpaired) electrons. The minimum Gasteiger partial charge on any atom is -0.361 e. The number of aromatic amines is 2. The maximum Gasteiger partial charge on any atom is 0.131 e. The third-order valence-electron chi connectivity index (χ3n) is 3.70. The highest BCUT2D eigenvalue weighted by atomic mass is 14.9. The Bertz CT molecular complexity index is 957. The highest BCUT2D eigenvalue weighted by molar-refractivity contribution is 5.90. The molecular formula is C18H15N3. The first kappa shape index (κ1) is 12.0. The summed E-state index contributed by atoms with van der Waals surface area (Å²) in [5.41, 5.74) is 5.62. The smallest absolute Gasteiger partial charge is 0.131 e. The normalized spacial score (nSPS) is 11.9. The number of para-hydroxylation sites is 1. The second kappa shape index (κ2) is 4.63. The number of imidazole rings is 1. The van der Waals surface area contributed by atoms with Gasteiger partial charge >= 0.3 is 0 Å². The molecule has 0 unspecified atom stereocenters. The average Bonchev–Trinajstić information content (AvgIpc) is 3.10. The molecule has 0 saturated heterocycles. The molecule has 21 heavy (non-hydrogen) atoms. The van der Waals surface area contributed by atoms with Gasteiger partial charge in [0.05, 0.1) is 16.6 Å².